The topological polar surface area (TPSA) is 93.1 Å². The fourth-order valence-electron chi connectivity index (χ4n) is 2.86. The molecule has 0 amide bonds. The van der Waals surface area contributed by atoms with Crippen molar-refractivity contribution in [2.24, 2.45) is 0 Å². The Morgan fingerprint density at radius 3 is 2.58 bits per heavy atom. The van der Waals surface area contributed by atoms with E-state index in [1.54, 1.807) is 29.2 Å². The summed E-state index contributed by atoms with van der Waals surface area (Å²) in [7, 11) is 0. The van der Waals surface area contributed by atoms with Crippen molar-refractivity contribution in [3.63, 3.8) is 0 Å². The fraction of sp³-hybridized carbons (Fsp3) is 0.0556. The quantitative estimate of drug-likeness (QED) is 0.677. The third-order valence-electron chi connectivity index (χ3n) is 4.02. The van der Waals surface area contributed by atoms with Gasteiger partial charge in [0.2, 0.25) is 0 Å². The molecular formula is C18H14N4O2. The number of hydrogen-bond donors (Lipinski definition) is 3. The summed E-state index contributed by atoms with van der Waals surface area (Å²) in [5.41, 5.74) is 1.29. The Labute approximate surface area is 137 Å². The van der Waals surface area contributed by atoms with Crippen LogP contribution in [0.25, 0.3) is 16.5 Å². The molecule has 24 heavy (non-hydrogen) atoms. The summed E-state index contributed by atoms with van der Waals surface area (Å²) >= 11 is 0. The Balaban J connectivity index is 1.81. The third kappa shape index (κ3) is 2.16. The number of nitrogens with one attached hydrogen (secondary N) is 2. The van der Waals surface area contributed by atoms with Crippen molar-refractivity contribution in [3.8, 4) is 0 Å². The molecule has 0 fully saturated rings. The zero-order valence-electron chi connectivity index (χ0n) is 12.7. The van der Waals surface area contributed by atoms with E-state index >= 15 is 0 Å². The van der Waals surface area contributed by atoms with Gasteiger partial charge in [-0.15, -0.1) is 0 Å². The van der Waals surface area contributed by atoms with E-state index in [0.29, 0.717) is 10.9 Å². The molecule has 0 radical (unpaired) electrons. The molecule has 1 aliphatic rings. The van der Waals surface area contributed by atoms with Crippen molar-refractivity contribution in [2.75, 3.05) is 11.4 Å². The molecule has 0 aliphatic carbocycles. The maximum Gasteiger partial charge on any atom is 0.259 e. The number of aromatic nitrogens is 2. The second-order valence-corrected chi connectivity index (χ2v) is 5.52. The van der Waals surface area contributed by atoms with Crippen LogP contribution in [0.5, 0.6) is 0 Å². The molecule has 2 heterocycles. The van der Waals surface area contributed by atoms with E-state index in [2.05, 4.69) is 9.97 Å². The summed E-state index contributed by atoms with van der Waals surface area (Å²) in [6.45, 7) is 0.175. The van der Waals surface area contributed by atoms with E-state index < -0.39 is 0 Å². The number of hydrogen-bond acceptors (Lipinski definition) is 4. The van der Waals surface area contributed by atoms with Crippen LogP contribution >= 0.6 is 0 Å². The smallest absolute Gasteiger partial charge is 0.259 e. The van der Waals surface area contributed by atoms with Crippen LogP contribution in [0, 0.1) is 5.41 Å². The zero-order chi connectivity index (χ0) is 16.7. The first-order chi connectivity index (χ1) is 11.6. The van der Waals surface area contributed by atoms with Gasteiger partial charge < -0.3 is 15.0 Å². The van der Waals surface area contributed by atoms with Gasteiger partial charge in [0.05, 0.1) is 23.0 Å². The van der Waals surface area contributed by atoms with Crippen LogP contribution in [-0.4, -0.2) is 27.5 Å². The predicted octanol–water partition coefficient (Wildman–Crippen LogP) is 2.69. The van der Waals surface area contributed by atoms with E-state index in [-0.39, 0.29) is 35.1 Å². The fourth-order valence-corrected chi connectivity index (χ4v) is 2.86. The Bertz CT molecular complexity index is 1040. The molecule has 6 heteroatoms. The molecule has 2 aromatic carbocycles. The van der Waals surface area contributed by atoms with E-state index in [9.17, 15) is 9.90 Å². The highest BCUT2D eigenvalue weighted by Crippen LogP contribution is 2.29. The van der Waals surface area contributed by atoms with Crippen LogP contribution in [0.1, 0.15) is 5.82 Å². The number of anilines is 1. The molecule has 3 N–H and O–H groups in total. The van der Waals surface area contributed by atoms with E-state index in [1.165, 1.54) is 0 Å². The second kappa shape index (κ2) is 5.34. The van der Waals surface area contributed by atoms with Gasteiger partial charge in [0.25, 0.3) is 5.56 Å². The lowest BCUT2D eigenvalue weighted by Crippen LogP contribution is -2.26. The van der Waals surface area contributed by atoms with Crippen molar-refractivity contribution in [3.05, 3.63) is 76.5 Å². The van der Waals surface area contributed by atoms with Crippen molar-refractivity contribution in [2.45, 2.75) is 0 Å². The molecule has 0 saturated carbocycles. The number of aliphatic hydroxyl groups excluding tert-OH is 1. The number of aromatic amines is 1. The average Bonchev–Trinajstić information content (AvgIpc) is 2.90. The lowest BCUT2D eigenvalue weighted by Gasteiger charge is -2.18. The van der Waals surface area contributed by atoms with Gasteiger partial charge in [-0.1, -0.05) is 30.3 Å². The van der Waals surface area contributed by atoms with Crippen molar-refractivity contribution < 1.29 is 5.11 Å². The van der Waals surface area contributed by atoms with Crippen LogP contribution in [0.3, 0.4) is 0 Å². The van der Waals surface area contributed by atoms with Crippen LogP contribution in [0.2, 0.25) is 0 Å². The molecule has 3 aromatic rings. The Hall–Kier alpha value is -3.41. The molecule has 0 spiro atoms. The number of aliphatic hydroxyl groups is 1. The highest BCUT2D eigenvalue weighted by atomic mass is 16.3. The lowest BCUT2D eigenvalue weighted by atomic mass is 10.2. The summed E-state index contributed by atoms with van der Waals surface area (Å²) in [5.74, 6) is 0.332. The minimum absolute atomic E-state index is 0.0160. The van der Waals surface area contributed by atoms with E-state index in [0.717, 1.165) is 5.69 Å². The van der Waals surface area contributed by atoms with Crippen LogP contribution in [0.15, 0.2) is 65.2 Å². The molecule has 4 rings (SSSR count). The van der Waals surface area contributed by atoms with Gasteiger partial charge in [-0.3, -0.25) is 10.2 Å². The van der Waals surface area contributed by atoms with Crippen molar-refractivity contribution >= 4 is 28.0 Å². The van der Waals surface area contributed by atoms with E-state index in [4.69, 9.17) is 5.41 Å². The molecule has 6 nitrogen and oxygen atoms in total. The van der Waals surface area contributed by atoms with Gasteiger partial charge in [0.1, 0.15) is 17.4 Å². The third-order valence-corrected chi connectivity index (χ3v) is 4.02. The Morgan fingerprint density at radius 2 is 1.79 bits per heavy atom. The normalized spacial score (nSPS) is 14.7. The van der Waals surface area contributed by atoms with Gasteiger partial charge in [-0.05, 0) is 24.3 Å². The minimum atomic E-state index is -0.290. The monoisotopic (exact) mass is 318 g/mol. The maximum absolute atomic E-state index is 12.2. The SMILES string of the molecule is N=C1C(c2nc3ccccc3c(=O)[nH]2)=C(O)CN1c1ccccc1. The number of nitrogens with zero attached hydrogens (tertiary/aromatic N) is 2. The average molecular weight is 318 g/mol. The molecule has 0 unspecified atom stereocenters. The van der Waals surface area contributed by atoms with Gasteiger partial charge in [0.15, 0.2) is 0 Å². The standard InChI is InChI=1S/C18H14N4O2/c19-16-15(14(23)10-22(16)11-6-2-1-3-7-11)17-20-13-9-5-4-8-12(13)18(24)21-17/h1-9,19,23H,10H2,(H,20,21,24). The largest absolute Gasteiger partial charge is 0.509 e. The first-order valence-corrected chi connectivity index (χ1v) is 7.48. The first kappa shape index (κ1) is 14.2. The summed E-state index contributed by atoms with van der Waals surface area (Å²) in [4.78, 5) is 21.0. The highest BCUT2D eigenvalue weighted by Gasteiger charge is 2.31. The number of amidine groups is 1. The van der Waals surface area contributed by atoms with Crippen LogP contribution in [-0.2, 0) is 0 Å². The molecule has 0 saturated heterocycles. The number of fused-ring (bicyclic) bond motifs is 1. The van der Waals surface area contributed by atoms with Gasteiger partial charge in [-0.2, -0.15) is 0 Å². The summed E-state index contributed by atoms with van der Waals surface area (Å²) in [6, 6.07) is 16.3. The lowest BCUT2D eigenvalue weighted by molar-refractivity contribution is 0.411. The van der Waals surface area contributed by atoms with Crippen LogP contribution < -0.4 is 10.5 Å². The summed E-state index contributed by atoms with van der Waals surface area (Å²) in [6.07, 6.45) is 0. The number of para-hydroxylation sites is 2. The van der Waals surface area contributed by atoms with Crippen molar-refractivity contribution in [1.82, 2.24) is 9.97 Å². The number of rotatable bonds is 2. The highest BCUT2D eigenvalue weighted by molar-refractivity contribution is 6.30. The second-order valence-electron chi connectivity index (χ2n) is 5.52. The number of H-pyrrole nitrogens is 1. The summed E-state index contributed by atoms with van der Waals surface area (Å²) in [5, 5.41) is 19.2. The van der Waals surface area contributed by atoms with Gasteiger partial charge >= 0.3 is 0 Å². The van der Waals surface area contributed by atoms with Crippen LogP contribution in [0.4, 0.5) is 5.69 Å². The molecule has 0 bridgehead atoms. The molecular weight excluding hydrogens is 304 g/mol. The number of benzene rings is 2. The zero-order valence-corrected chi connectivity index (χ0v) is 12.7. The minimum Gasteiger partial charge on any atom is -0.509 e. The van der Waals surface area contributed by atoms with Gasteiger partial charge in [0, 0.05) is 5.69 Å². The molecule has 0 atom stereocenters. The molecule has 1 aliphatic heterocycles. The maximum atomic E-state index is 12.2. The van der Waals surface area contributed by atoms with Gasteiger partial charge in [-0.25, -0.2) is 4.98 Å². The Kier molecular flexibility index (Phi) is 3.16. The summed E-state index contributed by atoms with van der Waals surface area (Å²) < 4.78 is 0. The molecule has 118 valence electrons. The van der Waals surface area contributed by atoms with E-state index in [1.807, 2.05) is 30.3 Å². The predicted molar refractivity (Wildman–Crippen MR) is 93.4 cm³/mol. The first-order valence-electron chi connectivity index (χ1n) is 7.48. The Morgan fingerprint density at radius 1 is 1.08 bits per heavy atom. The van der Waals surface area contributed by atoms with Crippen molar-refractivity contribution in [1.29, 1.82) is 5.41 Å². The molecule has 1 aromatic heterocycles.